The third-order valence-electron chi connectivity index (χ3n) is 5.77. The summed E-state index contributed by atoms with van der Waals surface area (Å²) in [6.07, 6.45) is 4.22. The van der Waals surface area contributed by atoms with E-state index in [0.717, 1.165) is 0 Å². The van der Waals surface area contributed by atoms with Gasteiger partial charge in [-0.15, -0.1) is 0 Å². The first kappa shape index (κ1) is 11.1. The molecule has 2 nitrogen and oxygen atoms in total. The first-order chi connectivity index (χ1) is 9.12. The highest BCUT2D eigenvalue weighted by Gasteiger charge is 2.93. The van der Waals surface area contributed by atoms with E-state index in [-0.39, 0.29) is 10.7 Å². The summed E-state index contributed by atoms with van der Waals surface area (Å²) in [5, 5.41) is 0. The Bertz CT molecular complexity index is 701. The minimum atomic E-state index is -3.28. The molecular weight excluding hydrogens is 324 g/mol. The fourth-order valence-corrected chi connectivity index (χ4v) is 9.10. The summed E-state index contributed by atoms with van der Waals surface area (Å²) in [6.45, 7) is 0. The molecule has 0 heterocycles. The lowest BCUT2D eigenvalue weighted by Crippen LogP contribution is -2.47. The van der Waals surface area contributed by atoms with Crippen molar-refractivity contribution in [1.82, 2.24) is 0 Å². The van der Waals surface area contributed by atoms with E-state index >= 15 is 0 Å². The van der Waals surface area contributed by atoms with Crippen LogP contribution in [-0.2, 0) is 9.84 Å². The second kappa shape index (κ2) is 3.01. The van der Waals surface area contributed by atoms with Crippen molar-refractivity contribution in [2.75, 3.05) is 0 Å². The van der Waals surface area contributed by atoms with Gasteiger partial charge in [-0.3, -0.25) is 0 Å². The molecule has 5 aliphatic carbocycles. The van der Waals surface area contributed by atoms with Gasteiger partial charge in [0, 0.05) is 5.92 Å². The molecule has 4 saturated carbocycles. The second-order valence-electron chi connectivity index (χ2n) is 6.24. The number of hydrogen-bond donors (Lipinski definition) is 0. The van der Waals surface area contributed by atoms with Crippen LogP contribution in [0.4, 0.5) is 0 Å². The molecule has 6 rings (SSSR count). The van der Waals surface area contributed by atoms with Gasteiger partial charge in [-0.25, -0.2) is 8.42 Å². The highest BCUT2D eigenvalue weighted by Crippen LogP contribution is 2.90. The predicted octanol–water partition coefficient (Wildman–Crippen LogP) is 2.65. The monoisotopic (exact) mass is 336 g/mol. The number of sulfone groups is 1. The number of rotatable bonds is 2. The van der Waals surface area contributed by atoms with Gasteiger partial charge in [0.2, 0.25) is 0 Å². The highest BCUT2D eigenvalue weighted by molar-refractivity contribution is 9.09. The van der Waals surface area contributed by atoms with E-state index in [9.17, 15) is 8.42 Å². The van der Waals surface area contributed by atoms with Gasteiger partial charge in [-0.2, -0.15) is 0 Å². The van der Waals surface area contributed by atoms with Crippen molar-refractivity contribution in [3.05, 3.63) is 42.5 Å². The topological polar surface area (TPSA) is 34.1 Å². The quantitative estimate of drug-likeness (QED) is 0.614. The van der Waals surface area contributed by atoms with Crippen LogP contribution in [0.5, 0.6) is 0 Å². The highest BCUT2D eigenvalue weighted by atomic mass is 79.9. The Kier molecular flexibility index (Phi) is 1.76. The van der Waals surface area contributed by atoms with Crippen LogP contribution in [-0.4, -0.2) is 18.0 Å². The minimum absolute atomic E-state index is 0.0276. The van der Waals surface area contributed by atoms with Crippen molar-refractivity contribution in [2.24, 2.45) is 29.6 Å². The zero-order valence-corrected chi connectivity index (χ0v) is 12.5. The molecule has 1 aromatic carbocycles. The number of benzene rings is 1. The standard InChI is InChI=1S/C15H13BrO2S/c16-10-7-6-9-11-12-13(11)14(12)15(9,10)19(17,18)8-4-2-1-3-5-8/h1-7,9-14H. The normalized spacial score (nSPS) is 51.8. The molecule has 0 radical (unpaired) electrons. The van der Waals surface area contributed by atoms with Crippen LogP contribution in [0.25, 0.3) is 0 Å². The molecule has 1 aromatic rings. The van der Waals surface area contributed by atoms with E-state index in [1.807, 2.05) is 18.2 Å². The Morgan fingerprint density at radius 2 is 1.68 bits per heavy atom. The molecule has 4 fully saturated rings. The zero-order chi connectivity index (χ0) is 13.0. The summed E-state index contributed by atoms with van der Waals surface area (Å²) in [5.41, 5.74) is 0. The first-order valence-corrected chi connectivity index (χ1v) is 9.14. The van der Waals surface area contributed by atoms with Gasteiger partial charge in [0.15, 0.2) is 9.84 Å². The van der Waals surface area contributed by atoms with Gasteiger partial charge >= 0.3 is 0 Å². The number of halogens is 1. The predicted molar refractivity (Wildman–Crippen MR) is 75.7 cm³/mol. The maximum Gasteiger partial charge on any atom is 0.186 e. The fourth-order valence-electron chi connectivity index (χ4n) is 5.01. The third kappa shape index (κ3) is 0.963. The third-order valence-corrected chi connectivity index (χ3v) is 9.76. The molecule has 2 bridgehead atoms. The zero-order valence-electron chi connectivity index (χ0n) is 10.1. The van der Waals surface area contributed by atoms with Crippen LogP contribution in [0.3, 0.4) is 0 Å². The smallest absolute Gasteiger partial charge is 0.186 e. The molecule has 5 unspecified atom stereocenters. The van der Waals surface area contributed by atoms with Gasteiger partial charge in [0.05, 0.1) is 9.72 Å². The summed E-state index contributed by atoms with van der Waals surface area (Å²) in [7, 11) is -3.28. The minimum Gasteiger partial charge on any atom is -0.223 e. The summed E-state index contributed by atoms with van der Waals surface area (Å²) >= 11 is 3.65. The molecule has 98 valence electrons. The second-order valence-corrected chi connectivity index (χ2v) is 9.41. The van der Waals surface area contributed by atoms with Crippen molar-refractivity contribution < 1.29 is 8.42 Å². The van der Waals surface area contributed by atoms with Gasteiger partial charge in [-0.1, -0.05) is 46.3 Å². The maximum atomic E-state index is 13.2. The lowest BCUT2D eigenvalue weighted by Gasteiger charge is -2.33. The van der Waals surface area contributed by atoms with E-state index in [1.54, 1.807) is 12.1 Å². The first-order valence-electron chi connectivity index (χ1n) is 6.74. The maximum absolute atomic E-state index is 13.2. The molecule has 0 aromatic heterocycles. The van der Waals surface area contributed by atoms with Crippen LogP contribution < -0.4 is 0 Å². The van der Waals surface area contributed by atoms with Crippen LogP contribution in [0.15, 0.2) is 47.4 Å². The number of hydrogen-bond acceptors (Lipinski definition) is 2. The Hall–Kier alpha value is -0.610. The Morgan fingerprint density at radius 1 is 1.00 bits per heavy atom. The molecule has 4 heteroatoms. The largest absolute Gasteiger partial charge is 0.223 e. The summed E-state index contributed by atoms with van der Waals surface area (Å²) < 4.78 is 25.9. The summed E-state index contributed by atoms with van der Waals surface area (Å²) in [5.74, 6) is 2.69. The number of alkyl halides is 1. The van der Waals surface area contributed by atoms with E-state index < -0.39 is 14.6 Å². The Morgan fingerprint density at radius 3 is 2.37 bits per heavy atom. The fraction of sp³-hybridized carbons (Fsp3) is 0.467. The average Bonchev–Trinajstić information content (AvgIpc) is 3.20. The summed E-state index contributed by atoms with van der Waals surface area (Å²) in [6, 6.07) is 8.98. The molecule has 0 aliphatic heterocycles. The van der Waals surface area contributed by atoms with Crippen LogP contribution >= 0.6 is 15.9 Å². The lowest BCUT2D eigenvalue weighted by atomic mass is 9.98. The van der Waals surface area contributed by atoms with Crippen molar-refractivity contribution in [1.29, 1.82) is 0 Å². The lowest BCUT2D eigenvalue weighted by molar-refractivity contribution is 0.476. The molecular formula is C15H13BrO2S. The summed E-state index contributed by atoms with van der Waals surface area (Å²) in [4.78, 5) is 0.459. The van der Waals surface area contributed by atoms with Gasteiger partial charge in [0.25, 0.3) is 0 Å². The van der Waals surface area contributed by atoms with E-state index in [2.05, 4.69) is 28.1 Å². The van der Waals surface area contributed by atoms with Crippen LogP contribution in [0, 0.1) is 29.6 Å². The van der Waals surface area contributed by atoms with E-state index in [1.165, 1.54) is 0 Å². The SMILES string of the molecule is O=S(=O)(c1ccccc1)C12C(Br)C=CC1C1C3C1C32. The Labute approximate surface area is 120 Å². The molecule has 0 amide bonds. The van der Waals surface area contributed by atoms with Gasteiger partial charge in [-0.05, 0) is 35.8 Å². The molecule has 0 N–H and O–H groups in total. The van der Waals surface area contributed by atoms with Crippen molar-refractivity contribution in [3.63, 3.8) is 0 Å². The molecule has 0 saturated heterocycles. The molecule has 19 heavy (non-hydrogen) atoms. The van der Waals surface area contributed by atoms with E-state index in [4.69, 9.17) is 0 Å². The molecule has 5 aliphatic rings. The molecule has 5 atom stereocenters. The Balaban J connectivity index is 1.74. The number of allylic oxidation sites excluding steroid dienone is 2. The molecule has 0 spiro atoms. The van der Waals surface area contributed by atoms with Gasteiger partial charge in [0.1, 0.15) is 4.75 Å². The van der Waals surface area contributed by atoms with Crippen molar-refractivity contribution in [2.45, 2.75) is 14.5 Å². The van der Waals surface area contributed by atoms with Crippen molar-refractivity contribution >= 4 is 25.8 Å². The van der Waals surface area contributed by atoms with Crippen molar-refractivity contribution in [3.8, 4) is 0 Å². The van der Waals surface area contributed by atoms with Gasteiger partial charge < -0.3 is 0 Å². The van der Waals surface area contributed by atoms with E-state index in [0.29, 0.717) is 28.6 Å². The van der Waals surface area contributed by atoms with Crippen LogP contribution in [0.2, 0.25) is 0 Å². The van der Waals surface area contributed by atoms with Crippen LogP contribution in [0.1, 0.15) is 0 Å². The average molecular weight is 337 g/mol.